The minimum atomic E-state index is 0.943. The maximum atomic E-state index is 2.82. The van der Waals surface area contributed by atoms with Crippen LogP contribution in [0, 0.1) is 178 Å². The molecule has 318 valence electrons. The van der Waals surface area contributed by atoms with Gasteiger partial charge in [-0.1, -0.05) is 60.8 Å². The highest BCUT2D eigenvalue weighted by atomic mass is 14.7. The molecule has 0 nitrogen and oxygen atoms in total. The molecule has 0 aromatic rings. The second-order valence-electron chi connectivity index (χ2n) is 27.4. The van der Waals surface area contributed by atoms with E-state index in [1.165, 1.54) is 17.8 Å². The monoisotopic (exact) mass is 775 g/mol. The zero-order valence-corrected chi connectivity index (χ0v) is 38.2. The van der Waals surface area contributed by atoms with Gasteiger partial charge < -0.3 is 0 Å². The average molecular weight is 775 g/mol. The van der Waals surface area contributed by atoms with Crippen LogP contribution in [0.3, 0.4) is 0 Å². The molecule has 13 aliphatic rings. The van der Waals surface area contributed by atoms with Gasteiger partial charge in [-0.2, -0.15) is 0 Å². The normalized spacial score (nSPS) is 66.0. The Hall–Kier alpha value is 0. The molecule has 57 heavy (non-hydrogen) atoms. The van der Waals surface area contributed by atoms with E-state index >= 15 is 0 Å². The van der Waals surface area contributed by atoms with Crippen molar-refractivity contribution >= 4 is 0 Å². The largest absolute Gasteiger partial charge is 0.0622 e. The summed E-state index contributed by atoms with van der Waals surface area (Å²) in [5, 5.41) is 0. The van der Waals surface area contributed by atoms with E-state index in [-0.39, 0.29) is 0 Å². The first-order valence-corrected chi connectivity index (χ1v) is 27.7. The highest BCUT2D eigenvalue weighted by Crippen LogP contribution is 2.71. The third-order valence-electron chi connectivity index (χ3n) is 26.7. The summed E-state index contributed by atoms with van der Waals surface area (Å²) in [5.74, 6) is 32.5. The van der Waals surface area contributed by atoms with Crippen LogP contribution in [0.25, 0.3) is 0 Å². The fourth-order valence-electron chi connectivity index (χ4n) is 24.3. The molecule has 0 heteroatoms. The van der Waals surface area contributed by atoms with Crippen molar-refractivity contribution in [3.05, 3.63) is 0 Å². The van der Waals surface area contributed by atoms with E-state index < -0.39 is 0 Å². The van der Waals surface area contributed by atoms with E-state index in [1.54, 1.807) is 135 Å². The van der Waals surface area contributed by atoms with Crippen molar-refractivity contribution < 1.29 is 0 Å². The van der Waals surface area contributed by atoms with Crippen LogP contribution in [0.4, 0.5) is 0 Å². The summed E-state index contributed by atoms with van der Waals surface area (Å²) < 4.78 is 0. The van der Waals surface area contributed by atoms with Crippen LogP contribution < -0.4 is 0 Å². The molecule has 0 N–H and O–H groups in total. The number of rotatable bonds is 0. The fraction of sp³-hybridized carbons (Fsp3) is 1.00. The van der Waals surface area contributed by atoms with Gasteiger partial charge in [-0.05, 0) is 293 Å². The van der Waals surface area contributed by atoms with Crippen LogP contribution >= 0.6 is 0 Å². The molecule has 13 aliphatic carbocycles. The Morgan fingerprint density at radius 2 is 0.649 bits per heavy atom. The molecule has 0 bridgehead atoms. The van der Waals surface area contributed by atoms with Gasteiger partial charge in [-0.15, -0.1) is 0 Å². The zero-order valence-electron chi connectivity index (χ0n) is 38.2. The summed E-state index contributed by atoms with van der Waals surface area (Å²) in [7, 11) is 0. The Morgan fingerprint density at radius 1 is 0.211 bits per heavy atom. The molecule has 0 amide bonds. The molecule has 30 unspecified atom stereocenters. The Kier molecular flexibility index (Phi) is 9.06. The quantitative estimate of drug-likeness (QED) is 0.230. The molecule has 13 fully saturated rings. The lowest BCUT2D eigenvalue weighted by atomic mass is 9.38. The number of fused-ring (bicyclic) bond motifs is 11. The predicted molar refractivity (Wildman–Crippen MR) is 236 cm³/mol. The fourth-order valence-corrected chi connectivity index (χ4v) is 24.3. The predicted octanol–water partition coefficient (Wildman–Crippen LogP) is 15.0. The van der Waals surface area contributed by atoms with Gasteiger partial charge in [0.25, 0.3) is 0 Å². The molecule has 0 radical (unpaired) electrons. The first-order valence-electron chi connectivity index (χ1n) is 27.7. The van der Waals surface area contributed by atoms with Crippen molar-refractivity contribution in [3.8, 4) is 0 Å². The van der Waals surface area contributed by atoms with Gasteiger partial charge in [0.05, 0.1) is 0 Å². The Balaban J connectivity index is 0.741. The third kappa shape index (κ3) is 5.46. The summed E-state index contributed by atoms with van der Waals surface area (Å²) in [6, 6.07) is 0. The van der Waals surface area contributed by atoms with Crippen molar-refractivity contribution in [2.75, 3.05) is 0 Å². The van der Waals surface area contributed by atoms with Gasteiger partial charge in [-0.25, -0.2) is 0 Å². The maximum absolute atomic E-state index is 2.82. The van der Waals surface area contributed by atoms with Gasteiger partial charge in [0, 0.05) is 0 Å². The van der Waals surface area contributed by atoms with Gasteiger partial charge in [0.1, 0.15) is 0 Å². The number of hydrogen-bond donors (Lipinski definition) is 0. The van der Waals surface area contributed by atoms with Crippen LogP contribution in [0.2, 0.25) is 0 Å². The SMILES string of the molecule is CC1CC2CC3CC4CC5C(CC4C(C)C3CC2C(C)C1C)C(C)C(C)C1CC2CCC3CC4C(CC6CC7CCCC8CCC9CCC4C6C9C87)CC3C2CC15. The zero-order chi connectivity index (χ0) is 38.2. The van der Waals surface area contributed by atoms with E-state index in [1.807, 2.05) is 0 Å². The van der Waals surface area contributed by atoms with Crippen LogP contribution in [0.5, 0.6) is 0 Å². The average Bonchev–Trinajstić information content (AvgIpc) is 3.22. The van der Waals surface area contributed by atoms with Crippen LogP contribution in [-0.4, -0.2) is 0 Å². The first kappa shape index (κ1) is 37.5. The minimum absolute atomic E-state index is 0.943. The van der Waals surface area contributed by atoms with E-state index in [2.05, 4.69) is 41.5 Å². The Labute approximate surface area is 352 Å². The second-order valence-corrected chi connectivity index (χ2v) is 27.4. The molecule has 0 heterocycles. The van der Waals surface area contributed by atoms with Crippen LogP contribution in [0.1, 0.15) is 176 Å². The summed E-state index contributed by atoms with van der Waals surface area (Å²) in [6.45, 7) is 16.3. The molecule has 0 spiro atoms. The lowest BCUT2D eigenvalue weighted by molar-refractivity contribution is -0.182. The van der Waals surface area contributed by atoms with Crippen LogP contribution in [0.15, 0.2) is 0 Å². The number of hydrogen-bond acceptors (Lipinski definition) is 0. The summed E-state index contributed by atoms with van der Waals surface area (Å²) in [5.41, 5.74) is 0. The Bertz CT molecular complexity index is 1510. The minimum Gasteiger partial charge on any atom is -0.0622 e. The first-order chi connectivity index (χ1) is 27.7. The van der Waals surface area contributed by atoms with Crippen LogP contribution in [-0.2, 0) is 0 Å². The van der Waals surface area contributed by atoms with Crippen molar-refractivity contribution in [2.45, 2.75) is 176 Å². The van der Waals surface area contributed by atoms with Gasteiger partial charge >= 0.3 is 0 Å². The molecule has 0 aromatic heterocycles. The van der Waals surface area contributed by atoms with Gasteiger partial charge in [0.15, 0.2) is 0 Å². The summed E-state index contributed by atoms with van der Waals surface area (Å²) in [4.78, 5) is 0. The Morgan fingerprint density at radius 3 is 1.44 bits per heavy atom. The van der Waals surface area contributed by atoms with Crippen molar-refractivity contribution in [1.82, 2.24) is 0 Å². The molecule has 30 atom stereocenters. The lowest BCUT2D eigenvalue weighted by Gasteiger charge is -2.67. The maximum Gasteiger partial charge on any atom is -0.0318 e. The summed E-state index contributed by atoms with van der Waals surface area (Å²) in [6.07, 6.45) is 34.6. The standard InChI is InChI=1S/C57H90/c1-28-16-39-18-40-19-41-24-53-49(26-47(41)33(6)46(40)25-45(39)30(3)29(28)2)32(5)31(4)48-21-36-12-13-37-22-51-42(23-50(37)52(36)27-54(48)53)20-43-17-38-9-7-8-34-10-11-35-14-15-44(51)56(43)57(35)55(34)38/h28-57H,7-27H2,1-6H3. The van der Waals surface area contributed by atoms with Crippen molar-refractivity contribution in [2.24, 2.45) is 178 Å². The lowest BCUT2D eigenvalue weighted by Crippen LogP contribution is -2.60. The molecular weight excluding hydrogens is 685 g/mol. The molecular formula is C57H90. The van der Waals surface area contributed by atoms with Crippen molar-refractivity contribution in [3.63, 3.8) is 0 Å². The smallest absolute Gasteiger partial charge is 0.0318 e. The molecule has 0 aliphatic heterocycles. The van der Waals surface area contributed by atoms with Gasteiger partial charge in [0.2, 0.25) is 0 Å². The van der Waals surface area contributed by atoms with E-state index in [9.17, 15) is 0 Å². The molecule has 13 saturated carbocycles. The second kappa shape index (κ2) is 13.7. The molecule has 0 saturated heterocycles. The van der Waals surface area contributed by atoms with E-state index in [4.69, 9.17) is 0 Å². The molecule has 13 rings (SSSR count). The highest BCUT2D eigenvalue weighted by Gasteiger charge is 2.63. The third-order valence-corrected chi connectivity index (χ3v) is 26.7. The summed E-state index contributed by atoms with van der Waals surface area (Å²) >= 11 is 0. The topological polar surface area (TPSA) is 0 Å². The van der Waals surface area contributed by atoms with Gasteiger partial charge in [-0.3, -0.25) is 0 Å². The van der Waals surface area contributed by atoms with E-state index in [0.717, 1.165) is 160 Å². The highest BCUT2D eigenvalue weighted by molar-refractivity contribution is 5.12. The van der Waals surface area contributed by atoms with Crippen molar-refractivity contribution in [1.29, 1.82) is 0 Å². The molecule has 0 aromatic carbocycles. The van der Waals surface area contributed by atoms with E-state index in [0.29, 0.717) is 0 Å².